The Kier molecular flexibility index (Phi) is 9.06. The second-order valence-electron chi connectivity index (χ2n) is 5.62. The van der Waals surface area contributed by atoms with E-state index < -0.39 is 0 Å². The monoisotopic (exact) mass is 388 g/mol. The highest BCUT2D eigenvalue weighted by Crippen LogP contribution is 2.22. The molecule has 5 nitrogen and oxygen atoms in total. The number of nitrogens with one attached hydrogen (secondary N) is 1. The summed E-state index contributed by atoms with van der Waals surface area (Å²) in [6, 6.07) is 8.47. The van der Waals surface area contributed by atoms with E-state index >= 15 is 0 Å². The number of anilines is 1. The van der Waals surface area contributed by atoms with Crippen molar-refractivity contribution in [2.45, 2.75) is 6.92 Å². The SMILES string of the molecule is Cc1cc(-c2ccccc2F)nnc1NCCN1CCOCC1.Cl.Cl. The molecule has 3 rings (SSSR count). The molecular formula is C17H23Cl2FN4O. The zero-order valence-corrected chi connectivity index (χ0v) is 15.7. The van der Waals surface area contributed by atoms with E-state index in [1.807, 2.05) is 13.0 Å². The Morgan fingerprint density at radius 3 is 2.56 bits per heavy atom. The van der Waals surface area contributed by atoms with Crippen molar-refractivity contribution in [3.8, 4) is 11.3 Å². The molecule has 0 atom stereocenters. The molecule has 1 saturated heterocycles. The Morgan fingerprint density at radius 1 is 1.16 bits per heavy atom. The number of aromatic nitrogens is 2. The van der Waals surface area contributed by atoms with E-state index in [9.17, 15) is 4.39 Å². The van der Waals surface area contributed by atoms with Gasteiger partial charge in [-0.05, 0) is 30.7 Å². The second-order valence-corrected chi connectivity index (χ2v) is 5.62. The molecule has 1 aliphatic rings. The number of halogens is 3. The summed E-state index contributed by atoms with van der Waals surface area (Å²) in [6.45, 7) is 7.24. The predicted octanol–water partition coefficient (Wildman–Crippen LogP) is 3.18. The van der Waals surface area contributed by atoms with Crippen molar-refractivity contribution in [3.05, 3.63) is 41.7 Å². The normalized spacial score (nSPS) is 14.3. The number of nitrogens with zero attached hydrogens (tertiary/aromatic N) is 3. The van der Waals surface area contributed by atoms with Gasteiger partial charge in [0.2, 0.25) is 0 Å². The molecule has 0 aliphatic carbocycles. The topological polar surface area (TPSA) is 50.3 Å². The summed E-state index contributed by atoms with van der Waals surface area (Å²) in [5, 5.41) is 11.7. The molecule has 1 aromatic carbocycles. The Balaban J connectivity index is 0.00000156. The third-order valence-corrected chi connectivity index (χ3v) is 3.96. The average molecular weight is 389 g/mol. The minimum Gasteiger partial charge on any atom is -0.379 e. The molecule has 2 heterocycles. The van der Waals surface area contributed by atoms with Crippen LogP contribution in [0, 0.1) is 12.7 Å². The number of hydrogen-bond acceptors (Lipinski definition) is 5. The van der Waals surface area contributed by atoms with Gasteiger partial charge in [0.05, 0.1) is 18.9 Å². The van der Waals surface area contributed by atoms with Crippen LogP contribution in [0.3, 0.4) is 0 Å². The molecule has 1 fully saturated rings. The largest absolute Gasteiger partial charge is 0.379 e. The van der Waals surface area contributed by atoms with Crippen molar-refractivity contribution < 1.29 is 9.13 Å². The molecule has 0 saturated carbocycles. The van der Waals surface area contributed by atoms with Crippen molar-refractivity contribution in [2.75, 3.05) is 44.7 Å². The molecule has 1 aliphatic heterocycles. The van der Waals surface area contributed by atoms with Crippen LogP contribution in [-0.4, -0.2) is 54.5 Å². The van der Waals surface area contributed by atoms with Crippen LogP contribution in [-0.2, 0) is 4.74 Å². The van der Waals surface area contributed by atoms with Gasteiger partial charge in [0.15, 0.2) is 5.82 Å². The lowest BCUT2D eigenvalue weighted by atomic mass is 10.1. The second kappa shape index (κ2) is 10.5. The van der Waals surface area contributed by atoms with E-state index in [1.165, 1.54) is 6.07 Å². The van der Waals surface area contributed by atoms with E-state index in [1.54, 1.807) is 18.2 Å². The highest BCUT2D eigenvalue weighted by atomic mass is 35.5. The third kappa shape index (κ3) is 5.78. The number of aryl methyl sites for hydroxylation is 1. The molecule has 25 heavy (non-hydrogen) atoms. The fraction of sp³-hybridized carbons (Fsp3) is 0.412. The van der Waals surface area contributed by atoms with Crippen LogP contribution in [0.15, 0.2) is 30.3 Å². The van der Waals surface area contributed by atoms with E-state index in [4.69, 9.17) is 4.74 Å². The zero-order chi connectivity index (χ0) is 16.1. The minimum absolute atomic E-state index is 0. The summed E-state index contributed by atoms with van der Waals surface area (Å²) in [7, 11) is 0. The smallest absolute Gasteiger partial charge is 0.151 e. The van der Waals surface area contributed by atoms with Crippen molar-refractivity contribution in [1.82, 2.24) is 15.1 Å². The molecule has 2 aromatic rings. The van der Waals surface area contributed by atoms with Crippen molar-refractivity contribution >= 4 is 30.6 Å². The first kappa shape index (κ1) is 21.6. The van der Waals surface area contributed by atoms with Gasteiger partial charge in [-0.25, -0.2) is 4.39 Å². The summed E-state index contributed by atoms with van der Waals surface area (Å²) in [5.41, 5.74) is 1.99. The van der Waals surface area contributed by atoms with Crippen molar-refractivity contribution in [3.63, 3.8) is 0 Å². The lowest BCUT2D eigenvalue weighted by Crippen LogP contribution is -2.39. The number of hydrogen-bond donors (Lipinski definition) is 1. The average Bonchev–Trinajstić information content (AvgIpc) is 2.58. The van der Waals surface area contributed by atoms with Gasteiger partial charge in [-0.2, -0.15) is 0 Å². The van der Waals surface area contributed by atoms with Gasteiger partial charge in [0, 0.05) is 31.7 Å². The van der Waals surface area contributed by atoms with Crippen LogP contribution >= 0.6 is 24.8 Å². The number of ether oxygens (including phenoxy) is 1. The van der Waals surface area contributed by atoms with Crippen LogP contribution in [0.5, 0.6) is 0 Å². The Morgan fingerprint density at radius 2 is 1.88 bits per heavy atom. The molecule has 0 unspecified atom stereocenters. The summed E-state index contributed by atoms with van der Waals surface area (Å²) in [6.07, 6.45) is 0. The fourth-order valence-corrected chi connectivity index (χ4v) is 2.62. The van der Waals surface area contributed by atoms with E-state index in [0.717, 1.165) is 50.8 Å². The summed E-state index contributed by atoms with van der Waals surface area (Å²) in [5.74, 6) is 0.465. The molecular weight excluding hydrogens is 366 g/mol. The van der Waals surface area contributed by atoms with Gasteiger partial charge in [-0.3, -0.25) is 4.90 Å². The van der Waals surface area contributed by atoms with Gasteiger partial charge in [-0.15, -0.1) is 35.0 Å². The molecule has 0 radical (unpaired) electrons. The standard InChI is InChI=1S/C17H21FN4O.2ClH/c1-13-12-16(14-4-2-3-5-15(14)18)20-21-17(13)19-6-7-22-8-10-23-11-9-22;;/h2-5,12H,6-11H2,1H3,(H,19,21);2*1H. The first-order valence-corrected chi connectivity index (χ1v) is 7.87. The summed E-state index contributed by atoms with van der Waals surface area (Å²) >= 11 is 0. The fourth-order valence-electron chi connectivity index (χ4n) is 2.62. The van der Waals surface area contributed by atoms with Crippen LogP contribution in [0.1, 0.15) is 5.56 Å². The molecule has 0 bridgehead atoms. The Hall–Kier alpha value is -1.47. The van der Waals surface area contributed by atoms with E-state index in [2.05, 4.69) is 20.4 Å². The lowest BCUT2D eigenvalue weighted by molar-refractivity contribution is 0.0398. The predicted molar refractivity (Wildman–Crippen MR) is 102 cm³/mol. The van der Waals surface area contributed by atoms with Crippen LogP contribution in [0.25, 0.3) is 11.3 Å². The third-order valence-electron chi connectivity index (χ3n) is 3.96. The van der Waals surface area contributed by atoms with Gasteiger partial charge < -0.3 is 10.1 Å². The first-order valence-electron chi connectivity index (χ1n) is 7.87. The van der Waals surface area contributed by atoms with E-state index in [0.29, 0.717) is 11.3 Å². The van der Waals surface area contributed by atoms with Crippen molar-refractivity contribution in [1.29, 1.82) is 0 Å². The maximum atomic E-state index is 13.8. The first-order chi connectivity index (χ1) is 11.2. The van der Waals surface area contributed by atoms with Crippen molar-refractivity contribution in [2.24, 2.45) is 0 Å². The molecule has 0 spiro atoms. The maximum absolute atomic E-state index is 13.8. The molecule has 138 valence electrons. The summed E-state index contributed by atoms with van der Waals surface area (Å²) in [4.78, 5) is 2.35. The quantitative estimate of drug-likeness (QED) is 0.852. The van der Waals surface area contributed by atoms with Gasteiger partial charge in [0.1, 0.15) is 5.82 Å². The molecule has 1 aromatic heterocycles. The maximum Gasteiger partial charge on any atom is 0.151 e. The molecule has 0 amide bonds. The minimum atomic E-state index is -0.283. The number of morpholine rings is 1. The molecule has 8 heteroatoms. The van der Waals surface area contributed by atoms with Crippen LogP contribution in [0.2, 0.25) is 0 Å². The highest BCUT2D eigenvalue weighted by Gasteiger charge is 2.11. The van der Waals surface area contributed by atoms with Gasteiger partial charge in [-0.1, -0.05) is 12.1 Å². The molecule has 1 N–H and O–H groups in total. The van der Waals surface area contributed by atoms with Crippen LogP contribution < -0.4 is 5.32 Å². The number of rotatable bonds is 5. The highest BCUT2D eigenvalue weighted by molar-refractivity contribution is 5.85. The number of benzene rings is 1. The zero-order valence-electron chi connectivity index (χ0n) is 14.1. The van der Waals surface area contributed by atoms with Gasteiger partial charge >= 0.3 is 0 Å². The van der Waals surface area contributed by atoms with E-state index in [-0.39, 0.29) is 30.6 Å². The van der Waals surface area contributed by atoms with Crippen LogP contribution in [0.4, 0.5) is 10.2 Å². The summed E-state index contributed by atoms with van der Waals surface area (Å²) < 4.78 is 19.2. The van der Waals surface area contributed by atoms with Gasteiger partial charge in [0.25, 0.3) is 0 Å². The Bertz CT molecular complexity index is 669. The Labute approximate surface area is 159 Å². The lowest BCUT2D eigenvalue weighted by Gasteiger charge is -2.26.